The molecule has 1 aliphatic heterocycles. The van der Waals surface area contributed by atoms with E-state index in [0.717, 1.165) is 18.5 Å². The highest BCUT2D eigenvalue weighted by Gasteiger charge is 2.27. The normalized spacial score (nSPS) is 16.8. The van der Waals surface area contributed by atoms with Crippen molar-refractivity contribution in [3.63, 3.8) is 0 Å². The standard InChI is InChI=1S/C20H20FN5O2/c1-25-12-15(9-23-25)20(27)26-7-3-4-14(13-26)18-10-22-11-19(24-18)28-17-6-2-5-16(21)8-17/h2,5-6,8-12,14H,3-4,7,13H2,1H3/t14-/m0/s1. The zero-order valence-electron chi connectivity index (χ0n) is 15.5. The zero-order valence-corrected chi connectivity index (χ0v) is 15.5. The fraction of sp³-hybridized carbons (Fsp3) is 0.300. The Balaban J connectivity index is 1.48. The number of benzene rings is 1. The monoisotopic (exact) mass is 381 g/mol. The molecule has 0 spiro atoms. The molecule has 1 fully saturated rings. The lowest BCUT2D eigenvalue weighted by molar-refractivity contribution is 0.0705. The van der Waals surface area contributed by atoms with Gasteiger partial charge in [-0.3, -0.25) is 14.5 Å². The van der Waals surface area contributed by atoms with Gasteiger partial charge in [0.1, 0.15) is 11.6 Å². The molecular weight excluding hydrogens is 361 g/mol. The molecule has 3 heterocycles. The minimum atomic E-state index is -0.376. The third-order valence-corrected chi connectivity index (χ3v) is 4.73. The van der Waals surface area contributed by atoms with E-state index in [2.05, 4.69) is 15.1 Å². The minimum Gasteiger partial charge on any atom is -0.437 e. The zero-order chi connectivity index (χ0) is 19.5. The second kappa shape index (κ2) is 7.75. The number of likely N-dealkylation sites (tertiary alicyclic amines) is 1. The number of carbonyl (C=O) groups excluding carboxylic acids is 1. The van der Waals surface area contributed by atoms with Crippen molar-refractivity contribution in [2.24, 2.45) is 7.05 Å². The number of aryl methyl sites for hydroxylation is 1. The molecule has 28 heavy (non-hydrogen) atoms. The Hall–Kier alpha value is -3.29. The first kappa shape index (κ1) is 18.1. The van der Waals surface area contributed by atoms with Crippen LogP contribution in [0.2, 0.25) is 0 Å². The van der Waals surface area contributed by atoms with E-state index in [0.29, 0.717) is 30.3 Å². The Kier molecular flexibility index (Phi) is 5.01. The van der Waals surface area contributed by atoms with Crippen molar-refractivity contribution in [3.8, 4) is 11.6 Å². The third-order valence-electron chi connectivity index (χ3n) is 4.73. The number of hydrogen-bond donors (Lipinski definition) is 0. The highest BCUT2D eigenvalue weighted by molar-refractivity contribution is 5.93. The highest BCUT2D eigenvalue weighted by Crippen LogP contribution is 2.28. The number of piperidine rings is 1. The number of halogens is 1. The van der Waals surface area contributed by atoms with Crippen LogP contribution in [-0.2, 0) is 7.05 Å². The summed E-state index contributed by atoms with van der Waals surface area (Å²) in [6.45, 7) is 1.27. The molecule has 0 saturated carbocycles. The summed E-state index contributed by atoms with van der Waals surface area (Å²) in [6, 6.07) is 5.88. The van der Waals surface area contributed by atoms with Gasteiger partial charge in [0.15, 0.2) is 0 Å². The second-order valence-corrected chi connectivity index (χ2v) is 6.83. The molecule has 0 bridgehead atoms. The van der Waals surface area contributed by atoms with E-state index >= 15 is 0 Å². The number of ether oxygens (including phenoxy) is 1. The summed E-state index contributed by atoms with van der Waals surface area (Å²) in [5.74, 6) is 0.330. The summed E-state index contributed by atoms with van der Waals surface area (Å²) < 4.78 is 20.6. The van der Waals surface area contributed by atoms with Gasteiger partial charge in [0.25, 0.3) is 5.91 Å². The number of hydrogen-bond acceptors (Lipinski definition) is 5. The SMILES string of the molecule is Cn1cc(C(=O)N2CCC[C@H](c3cncc(Oc4cccc(F)c4)n3)C2)cn1. The number of aromatic nitrogens is 4. The molecule has 4 rings (SSSR count). The average Bonchev–Trinajstić information content (AvgIpc) is 3.14. The molecule has 1 saturated heterocycles. The topological polar surface area (TPSA) is 73.1 Å². The fourth-order valence-electron chi connectivity index (χ4n) is 3.38. The van der Waals surface area contributed by atoms with Crippen LogP contribution in [0.4, 0.5) is 4.39 Å². The summed E-state index contributed by atoms with van der Waals surface area (Å²) >= 11 is 0. The molecule has 1 atom stereocenters. The smallest absolute Gasteiger partial charge is 0.257 e. The lowest BCUT2D eigenvalue weighted by atomic mass is 9.94. The van der Waals surface area contributed by atoms with Crippen molar-refractivity contribution in [3.05, 3.63) is 66.1 Å². The van der Waals surface area contributed by atoms with Crippen LogP contribution in [0.1, 0.15) is 34.8 Å². The van der Waals surface area contributed by atoms with E-state index < -0.39 is 0 Å². The van der Waals surface area contributed by atoms with Crippen molar-refractivity contribution in [1.82, 2.24) is 24.6 Å². The molecular formula is C20H20FN5O2. The van der Waals surface area contributed by atoms with Gasteiger partial charge >= 0.3 is 0 Å². The summed E-state index contributed by atoms with van der Waals surface area (Å²) in [5, 5.41) is 4.07. The first-order chi connectivity index (χ1) is 13.6. The largest absolute Gasteiger partial charge is 0.437 e. The molecule has 1 aromatic carbocycles. The average molecular weight is 381 g/mol. The Bertz CT molecular complexity index is 990. The molecule has 0 aliphatic carbocycles. The van der Waals surface area contributed by atoms with Gasteiger partial charge in [0.2, 0.25) is 5.88 Å². The lowest BCUT2D eigenvalue weighted by Crippen LogP contribution is -2.39. The Labute approximate surface area is 161 Å². The Morgan fingerprint density at radius 2 is 2.18 bits per heavy atom. The van der Waals surface area contributed by atoms with Crippen LogP contribution in [0, 0.1) is 5.82 Å². The maximum Gasteiger partial charge on any atom is 0.257 e. The van der Waals surface area contributed by atoms with Crippen LogP contribution in [0.15, 0.2) is 49.1 Å². The summed E-state index contributed by atoms with van der Waals surface area (Å²) in [6.07, 6.45) is 8.29. The van der Waals surface area contributed by atoms with Gasteiger partial charge in [0.05, 0.1) is 23.7 Å². The van der Waals surface area contributed by atoms with Crippen LogP contribution in [0.25, 0.3) is 0 Å². The van der Waals surface area contributed by atoms with Crippen molar-refractivity contribution in [2.45, 2.75) is 18.8 Å². The maximum absolute atomic E-state index is 13.3. The lowest BCUT2D eigenvalue weighted by Gasteiger charge is -2.32. The molecule has 0 radical (unpaired) electrons. The number of carbonyl (C=O) groups is 1. The highest BCUT2D eigenvalue weighted by atomic mass is 19.1. The van der Waals surface area contributed by atoms with E-state index in [1.807, 2.05) is 4.90 Å². The molecule has 1 aliphatic rings. The Morgan fingerprint density at radius 3 is 2.96 bits per heavy atom. The summed E-state index contributed by atoms with van der Waals surface area (Å²) in [7, 11) is 1.79. The molecule has 2 aromatic heterocycles. The quantitative estimate of drug-likeness (QED) is 0.694. The predicted octanol–water partition coefficient (Wildman–Crippen LogP) is 3.16. The van der Waals surface area contributed by atoms with Crippen LogP contribution in [0.5, 0.6) is 11.6 Å². The van der Waals surface area contributed by atoms with Gasteiger partial charge in [-0.2, -0.15) is 5.10 Å². The van der Waals surface area contributed by atoms with Gasteiger partial charge in [-0.15, -0.1) is 0 Å². The summed E-state index contributed by atoms with van der Waals surface area (Å²) in [4.78, 5) is 23.3. The minimum absolute atomic E-state index is 0.0297. The molecule has 8 heteroatoms. The van der Waals surface area contributed by atoms with E-state index in [9.17, 15) is 9.18 Å². The van der Waals surface area contributed by atoms with Gasteiger partial charge in [0, 0.05) is 44.5 Å². The fourth-order valence-corrected chi connectivity index (χ4v) is 3.38. The van der Waals surface area contributed by atoms with E-state index in [-0.39, 0.29) is 17.6 Å². The molecule has 0 N–H and O–H groups in total. The first-order valence-corrected chi connectivity index (χ1v) is 9.12. The van der Waals surface area contributed by atoms with Gasteiger partial charge in [-0.25, -0.2) is 9.37 Å². The van der Waals surface area contributed by atoms with Gasteiger partial charge in [-0.05, 0) is 25.0 Å². The molecule has 1 amide bonds. The molecule has 7 nitrogen and oxygen atoms in total. The van der Waals surface area contributed by atoms with Crippen LogP contribution in [0.3, 0.4) is 0 Å². The summed E-state index contributed by atoms with van der Waals surface area (Å²) in [5.41, 5.74) is 1.34. The number of nitrogens with zero attached hydrogens (tertiary/aromatic N) is 5. The van der Waals surface area contributed by atoms with Crippen molar-refractivity contribution >= 4 is 5.91 Å². The van der Waals surface area contributed by atoms with Gasteiger partial charge in [-0.1, -0.05) is 6.07 Å². The maximum atomic E-state index is 13.3. The van der Waals surface area contributed by atoms with Crippen molar-refractivity contribution < 1.29 is 13.9 Å². The molecule has 0 unspecified atom stereocenters. The van der Waals surface area contributed by atoms with E-state index in [1.54, 1.807) is 42.5 Å². The van der Waals surface area contributed by atoms with E-state index in [4.69, 9.17) is 4.74 Å². The van der Waals surface area contributed by atoms with Gasteiger partial charge < -0.3 is 9.64 Å². The second-order valence-electron chi connectivity index (χ2n) is 6.83. The number of rotatable bonds is 4. The van der Waals surface area contributed by atoms with Crippen LogP contribution < -0.4 is 4.74 Å². The van der Waals surface area contributed by atoms with Crippen LogP contribution >= 0.6 is 0 Å². The molecule has 144 valence electrons. The Morgan fingerprint density at radius 1 is 1.29 bits per heavy atom. The first-order valence-electron chi connectivity index (χ1n) is 9.12. The van der Waals surface area contributed by atoms with Crippen molar-refractivity contribution in [2.75, 3.05) is 13.1 Å². The third kappa shape index (κ3) is 4.00. The predicted molar refractivity (Wildman–Crippen MR) is 99.6 cm³/mol. The van der Waals surface area contributed by atoms with Crippen LogP contribution in [-0.4, -0.2) is 43.6 Å². The van der Waals surface area contributed by atoms with Crippen molar-refractivity contribution in [1.29, 1.82) is 0 Å². The number of amides is 1. The molecule has 3 aromatic rings. The van der Waals surface area contributed by atoms with E-state index in [1.165, 1.54) is 18.3 Å².